The molecule has 0 atom stereocenters. The van der Waals surface area contributed by atoms with Crippen molar-refractivity contribution in [3.8, 4) is 0 Å². The maximum atomic E-state index is 12.1. The molecule has 2 aromatic heterocycles. The van der Waals surface area contributed by atoms with Crippen LogP contribution < -0.4 is 5.32 Å². The van der Waals surface area contributed by atoms with Crippen molar-refractivity contribution in [1.82, 2.24) is 15.3 Å². The third-order valence-corrected chi connectivity index (χ3v) is 3.37. The van der Waals surface area contributed by atoms with E-state index in [1.54, 1.807) is 42.9 Å². The number of aromatic nitrogens is 2. The van der Waals surface area contributed by atoms with Crippen molar-refractivity contribution < 1.29 is 14.3 Å². The van der Waals surface area contributed by atoms with Crippen molar-refractivity contribution in [1.29, 1.82) is 0 Å². The molecule has 0 aliphatic carbocycles. The average Bonchev–Trinajstić information content (AvgIpc) is 3.07. The van der Waals surface area contributed by atoms with Crippen molar-refractivity contribution in [3.05, 3.63) is 66.1 Å². The second-order valence-corrected chi connectivity index (χ2v) is 4.88. The molecule has 2 heterocycles. The number of carbonyl (C=O) groups excluding carboxylic acids is 2. The lowest BCUT2D eigenvalue weighted by Crippen LogP contribution is -2.28. The summed E-state index contributed by atoms with van der Waals surface area (Å²) >= 11 is 0. The van der Waals surface area contributed by atoms with Crippen LogP contribution in [0.4, 0.5) is 0 Å². The first kappa shape index (κ1) is 14.8. The Labute approximate surface area is 132 Å². The minimum Gasteiger partial charge on any atom is -0.460 e. The van der Waals surface area contributed by atoms with Gasteiger partial charge < -0.3 is 15.0 Å². The number of aromatic amines is 1. The Kier molecular flexibility index (Phi) is 4.33. The van der Waals surface area contributed by atoms with Crippen LogP contribution in [0, 0.1) is 0 Å². The predicted molar refractivity (Wildman–Crippen MR) is 85.2 cm³/mol. The van der Waals surface area contributed by atoms with Gasteiger partial charge in [-0.15, -0.1) is 0 Å². The van der Waals surface area contributed by atoms with Crippen LogP contribution in [0.1, 0.15) is 20.7 Å². The molecule has 0 unspecified atom stereocenters. The molecule has 1 amide bonds. The van der Waals surface area contributed by atoms with E-state index in [-0.39, 0.29) is 19.1 Å². The third kappa shape index (κ3) is 3.37. The van der Waals surface area contributed by atoms with Gasteiger partial charge in [-0.2, -0.15) is 0 Å². The zero-order valence-corrected chi connectivity index (χ0v) is 12.3. The first-order chi connectivity index (χ1) is 11.3. The quantitative estimate of drug-likeness (QED) is 0.559. The first-order valence-corrected chi connectivity index (χ1v) is 7.17. The molecule has 3 aromatic rings. The molecule has 0 aliphatic rings. The van der Waals surface area contributed by atoms with Crippen LogP contribution in [0.5, 0.6) is 0 Å². The summed E-state index contributed by atoms with van der Waals surface area (Å²) in [6.45, 7) is 0.348. The summed E-state index contributed by atoms with van der Waals surface area (Å²) in [6.07, 6.45) is 4.87. The molecule has 0 saturated carbocycles. The van der Waals surface area contributed by atoms with Gasteiger partial charge in [-0.25, -0.2) is 4.79 Å². The Morgan fingerprint density at radius 2 is 1.96 bits per heavy atom. The van der Waals surface area contributed by atoms with Crippen LogP contribution in [0.15, 0.2) is 55.0 Å². The summed E-state index contributed by atoms with van der Waals surface area (Å²) in [6, 6.07) is 10.5. The van der Waals surface area contributed by atoms with E-state index in [2.05, 4.69) is 15.3 Å². The molecular weight excluding hydrogens is 294 g/mol. The Morgan fingerprint density at radius 1 is 1.13 bits per heavy atom. The van der Waals surface area contributed by atoms with Gasteiger partial charge in [0, 0.05) is 29.5 Å². The second kappa shape index (κ2) is 6.74. The molecule has 0 saturated heterocycles. The summed E-state index contributed by atoms with van der Waals surface area (Å²) < 4.78 is 5.21. The minimum atomic E-state index is -0.420. The Balaban J connectivity index is 1.52. The number of H-pyrrole nitrogens is 1. The number of fused-ring (bicyclic) bond motifs is 1. The number of pyridine rings is 1. The van der Waals surface area contributed by atoms with Gasteiger partial charge in [-0.3, -0.25) is 9.78 Å². The van der Waals surface area contributed by atoms with E-state index in [4.69, 9.17) is 4.74 Å². The average molecular weight is 309 g/mol. The second-order valence-electron chi connectivity index (χ2n) is 4.88. The molecule has 2 N–H and O–H groups in total. The molecule has 23 heavy (non-hydrogen) atoms. The van der Waals surface area contributed by atoms with E-state index in [0.29, 0.717) is 11.1 Å². The maximum absolute atomic E-state index is 12.1. The van der Waals surface area contributed by atoms with Crippen molar-refractivity contribution in [2.24, 2.45) is 0 Å². The van der Waals surface area contributed by atoms with E-state index in [1.165, 1.54) is 0 Å². The van der Waals surface area contributed by atoms with Crippen LogP contribution in [0.25, 0.3) is 10.9 Å². The molecular formula is C17H15N3O3. The summed E-state index contributed by atoms with van der Waals surface area (Å²) in [7, 11) is 0. The van der Waals surface area contributed by atoms with Crippen molar-refractivity contribution in [3.63, 3.8) is 0 Å². The minimum absolute atomic E-state index is 0.104. The highest BCUT2D eigenvalue weighted by Crippen LogP contribution is 2.17. The maximum Gasteiger partial charge on any atom is 0.340 e. The van der Waals surface area contributed by atoms with Crippen molar-refractivity contribution in [2.45, 2.75) is 0 Å². The van der Waals surface area contributed by atoms with Crippen molar-refractivity contribution in [2.75, 3.05) is 13.2 Å². The third-order valence-electron chi connectivity index (χ3n) is 3.37. The monoisotopic (exact) mass is 309 g/mol. The lowest BCUT2D eigenvalue weighted by atomic mass is 10.1. The Bertz CT molecular complexity index is 827. The lowest BCUT2D eigenvalue weighted by Gasteiger charge is -2.07. The highest BCUT2D eigenvalue weighted by molar-refractivity contribution is 6.02. The standard InChI is InChI=1S/C17H15N3O3/c21-16(13-4-7-18-8-5-13)20-10-11-23-17(22)14-3-1-2-12-6-9-19-15(12)14/h1-9,19H,10-11H2,(H,20,21). The van der Waals surface area contributed by atoms with E-state index < -0.39 is 5.97 Å². The van der Waals surface area contributed by atoms with Crippen LogP contribution in [-0.2, 0) is 4.74 Å². The van der Waals surface area contributed by atoms with Gasteiger partial charge in [0.1, 0.15) is 6.61 Å². The van der Waals surface area contributed by atoms with Gasteiger partial charge >= 0.3 is 5.97 Å². The van der Waals surface area contributed by atoms with Gasteiger partial charge in [0.2, 0.25) is 0 Å². The number of rotatable bonds is 5. The van der Waals surface area contributed by atoms with Crippen LogP contribution in [0.2, 0.25) is 0 Å². The molecule has 6 nitrogen and oxygen atoms in total. The SMILES string of the molecule is O=C(NCCOC(=O)c1cccc2cc[nH]c12)c1ccncc1. The first-order valence-electron chi connectivity index (χ1n) is 7.17. The normalized spacial score (nSPS) is 10.4. The molecule has 0 bridgehead atoms. The smallest absolute Gasteiger partial charge is 0.340 e. The van der Waals surface area contributed by atoms with E-state index >= 15 is 0 Å². The summed E-state index contributed by atoms with van der Waals surface area (Å²) in [5, 5.41) is 3.64. The zero-order chi connectivity index (χ0) is 16.1. The molecule has 1 aromatic carbocycles. The van der Waals surface area contributed by atoms with Crippen LogP contribution >= 0.6 is 0 Å². The van der Waals surface area contributed by atoms with Gasteiger partial charge in [0.05, 0.1) is 17.6 Å². The number of carbonyl (C=O) groups is 2. The number of amides is 1. The molecule has 6 heteroatoms. The highest BCUT2D eigenvalue weighted by atomic mass is 16.5. The van der Waals surface area contributed by atoms with Gasteiger partial charge in [-0.1, -0.05) is 12.1 Å². The molecule has 0 fully saturated rings. The van der Waals surface area contributed by atoms with Crippen LogP contribution in [-0.4, -0.2) is 35.0 Å². The van der Waals surface area contributed by atoms with E-state index in [1.807, 2.05) is 12.1 Å². The summed E-state index contributed by atoms with van der Waals surface area (Å²) in [5.41, 5.74) is 1.74. The number of nitrogens with one attached hydrogen (secondary N) is 2. The Morgan fingerprint density at radius 3 is 2.78 bits per heavy atom. The summed E-state index contributed by atoms with van der Waals surface area (Å²) in [5.74, 6) is -0.647. The van der Waals surface area contributed by atoms with Crippen molar-refractivity contribution >= 4 is 22.8 Å². The molecule has 0 spiro atoms. The fraction of sp³-hybridized carbons (Fsp3) is 0.118. The number of hydrogen-bond acceptors (Lipinski definition) is 4. The molecule has 0 aliphatic heterocycles. The largest absolute Gasteiger partial charge is 0.460 e. The number of ether oxygens (including phenoxy) is 1. The Hall–Kier alpha value is -3.15. The fourth-order valence-electron chi connectivity index (χ4n) is 2.25. The molecule has 116 valence electrons. The lowest BCUT2D eigenvalue weighted by molar-refractivity contribution is 0.0505. The number of nitrogens with zero attached hydrogens (tertiary/aromatic N) is 1. The topological polar surface area (TPSA) is 84.1 Å². The van der Waals surface area contributed by atoms with E-state index in [9.17, 15) is 9.59 Å². The molecule has 0 radical (unpaired) electrons. The number of benzene rings is 1. The molecule has 3 rings (SSSR count). The zero-order valence-electron chi connectivity index (χ0n) is 12.3. The number of para-hydroxylation sites is 1. The number of hydrogen-bond donors (Lipinski definition) is 2. The predicted octanol–water partition coefficient (Wildman–Crippen LogP) is 2.15. The number of esters is 1. The van der Waals surface area contributed by atoms with Gasteiger partial charge in [0.25, 0.3) is 5.91 Å². The van der Waals surface area contributed by atoms with Gasteiger partial charge in [0.15, 0.2) is 0 Å². The summed E-state index contributed by atoms with van der Waals surface area (Å²) in [4.78, 5) is 30.8. The van der Waals surface area contributed by atoms with Crippen LogP contribution in [0.3, 0.4) is 0 Å². The fourth-order valence-corrected chi connectivity index (χ4v) is 2.25. The van der Waals surface area contributed by atoms with Gasteiger partial charge in [-0.05, 0) is 24.3 Å². The van der Waals surface area contributed by atoms with E-state index in [0.717, 1.165) is 10.9 Å². The highest BCUT2D eigenvalue weighted by Gasteiger charge is 2.12.